The molecule has 2 heterocycles. The normalized spacial score (nSPS) is 20.1. The molecule has 0 aromatic carbocycles. The molecule has 0 unspecified atom stereocenters. The summed E-state index contributed by atoms with van der Waals surface area (Å²) in [5.74, 6) is -0.169. The van der Waals surface area contributed by atoms with Gasteiger partial charge >= 0.3 is 5.82 Å². The zero-order valence-electron chi connectivity index (χ0n) is 8.34. The van der Waals surface area contributed by atoms with Gasteiger partial charge < -0.3 is 20.1 Å². The van der Waals surface area contributed by atoms with E-state index in [0.29, 0.717) is 29.7 Å². The minimum Gasteiger partial charge on any atom is -0.391 e. The molecule has 1 N–H and O–H groups in total. The molecule has 1 atom stereocenters. The number of aromatic nitrogens is 1. The van der Waals surface area contributed by atoms with E-state index in [9.17, 15) is 15.2 Å². The Bertz CT molecular complexity index is 426. The summed E-state index contributed by atoms with van der Waals surface area (Å²) < 4.78 is 0.689. The van der Waals surface area contributed by atoms with Gasteiger partial charge in [-0.05, 0) is 38.3 Å². The molecule has 0 spiro atoms. The van der Waals surface area contributed by atoms with Gasteiger partial charge in [0.2, 0.25) is 0 Å². The van der Waals surface area contributed by atoms with E-state index >= 15 is 0 Å². The lowest BCUT2D eigenvalue weighted by Gasteiger charge is -2.16. The number of nitrogens with zero attached hydrogens (tertiary/aromatic N) is 3. The molecule has 16 heavy (non-hydrogen) atoms. The fourth-order valence-corrected chi connectivity index (χ4v) is 2.07. The predicted molar refractivity (Wildman–Crippen MR) is 61.4 cm³/mol. The first-order chi connectivity index (χ1) is 7.58. The second-order valence-corrected chi connectivity index (χ2v) is 4.56. The Morgan fingerprint density at radius 3 is 3.00 bits per heavy atom. The molecule has 0 amide bonds. The summed E-state index contributed by atoms with van der Waals surface area (Å²) in [4.78, 5) is 15.9. The molecule has 1 fully saturated rings. The molecule has 1 aliphatic rings. The molecule has 2 rings (SSSR count). The maximum absolute atomic E-state index is 10.8. The summed E-state index contributed by atoms with van der Waals surface area (Å²) in [5.41, 5.74) is 0.455. The highest BCUT2D eigenvalue weighted by atomic mass is 79.9. The van der Waals surface area contributed by atoms with Crippen molar-refractivity contribution in [2.24, 2.45) is 0 Å². The Morgan fingerprint density at radius 2 is 2.44 bits per heavy atom. The lowest BCUT2D eigenvalue weighted by atomic mass is 10.3. The standard InChI is InChI=1S/C9H10BrN3O3/c10-6-3-8(9(11-4-6)13(15)16)12-2-1-7(14)5-12/h3-4,7,14H,1-2,5H2/t7-/m0/s1. The van der Waals surface area contributed by atoms with Crippen molar-refractivity contribution in [2.45, 2.75) is 12.5 Å². The summed E-state index contributed by atoms with van der Waals surface area (Å²) in [6.45, 7) is 1.03. The van der Waals surface area contributed by atoms with Gasteiger partial charge in [-0.25, -0.2) is 0 Å². The Labute approximate surface area is 100 Å². The topological polar surface area (TPSA) is 79.5 Å². The van der Waals surface area contributed by atoms with Crippen LogP contribution in [0.25, 0.3) is 0 Å². The molecule has 0 saturated carbocycles. The molecular formula is C9H10BrN3O3. The number of rotatable bonds is 2. The molecule has 1 saturated heterocycles. The van der Waals surface area contributed by atoms with E-state index in [4.69, 9.17) is 0 Å². The molecule has 1 aliphatic heterocycles. The van der Waals surface area contributed by atoms with Crippen molar-refractivity contribution < 1.29 is 10.0 Å². The number of anilines is 1. The van der Waals surface area contributed by atoms with Gasteiger partial charge in [0.05, 0.1) is 10.6 Å². The molecule has 1 aromatic rings. The SMILES string of the molecule is O=[N+]([O-])c1ncc(Br)cc1N1CC[C@H](O)C1. The highest BCUT2D eigenvalue weighted by molar-refractivity contribution is 9.10. The fraction of sp³-hybridized carbons (Fsp3) is 0.444. The number of hydrogen-bond donors (Lipinski definition) is 1. The van der Waals surface area contributed by atoms with Crippen LogP contribution in [0.2, 0.25) is 0 Å². The van der Waals surface area contributed by atoms with Gasteiger partial charge in [0.25, 0.3) is 0 Å². The molecular weight excluding hydrogens is 278 g/mol. The summed E-state index contributed by atoms with van der Waals surface area (Å²) in [6, 6.07) is 1.66. The number of β-amino-alcohol motifs (C(OH)–C–C–N with tert-alkyl or cyclic N) is 1. The van der Waals surface area contributed by atoms with Gasteiger partial charge in [-0.15, -0.1) is 0 Å². The Kier molecular flexibility index (Phi) is 3.06. The second kappa shape index (κ2) is 4.34. The first-order valence-corrected chi connectivity index (χ1v) is 5.60. The van der Waals surface area contributed by atoms with Crippen molar-refractivity contribution >= 4 is 27.4 Å². The van der Waals surface area contributed by atoms with Gasteiger partial charge in [-0.1, -0.05) is 0 Å². The minimum atomic E-state index is -0.507. The van der Waals surface area contributed by atoms with E-state index in [2.05, 4.69) is 20.9 Å². The number of halogens is 1. The van der Waals surface area contributed by atoms with Crippen LogP contribution in [-0.2, 0) is 0 Å². The van der Waals surface area contributed by atoms with Crippen LogP contribution < -0.4 is 4.90 Å². The third-order valence-electron chi connectivity index (χ3n) is 2.49. The number of aliphatic hydroxyl groups is 1. The minimum absolute atomic E-state index is 0.169. The predicted octanol–water partition coefficient (Wildman–Crippen LogP) is 1.32. The Balaban J connectivity index is 2.37. The van der Waals surface area contributed by atoms with Crippen LogP contribution in [0.5, 0.6) is 0 Å². The third kappa shape index (κ3) is 2.14. The van der Waals surface area contributed by atoms with Crippen molar-refractivity contribution in [2.75, 3.05) is 18.0 Å². The van der Waals surface area contributed by atoms with Crippen LogP contribution in [0.3, 0.4) is 0 Å². The van der Waals surface area contributed by atoms with Gasteiger partial charge in [0.15, 0.2) is 6.20 Å². The highest BCUT2D eigenvalue weighted by Crippen LogP contribution is 2.31. The largest absolute Gasteiger partial charge is 0.391 e. The number of nitro groups is 1. The van der Waals surface area contributed by atoms with Crippen molar-refractivity contribution in [3.05, 3.63) is 26.9 Å². The summed E-state index contributed by atoms with van der Waals surface area (Å²) in [5, 5.41) is 20.2. The number of pyridine rings is 1. The molecule has 0 bridgehead atoms. The van der Waals surface area contributed by atoms with Crippen molar-refractivity contribution in [3.8, 4) is 0 Å². The Morgan fingerprint density at radius 1 is 1.69 bits per heavy atom. The van der Waals surface area contributed by atoms with Crippen LogP contribution in [0.4, 0.5) is 11.5 Å². The lowest BCUT2D eigenvalue weighted by Crippen LogP contribution is -2.22. The monoisotopic (exact) mass is 287 g/mol. The smallest absolute Gasteiger partial charge is 0.387 e. The lowest BCUT2D eigenvalue weighted by molar-refractivity contribution is -0.388. The van der Waals surface area contributed by atoms with Crippen molar-refractivity contribution in [1.29, 1.82) is 0 Å². The first kappa shape index (κ1) is 11.3. The zero-order chi connectivity index (χ0) is 11.7. The molecule has 0 radical (unpaired) electrons. The fourth-order valence-electron chi connectivity index (χ4n) is 1.76. The number of aliphatic hydroxyl groups excluding tert-OH is 1. The van der Waals surface area contributed by atoms with Gasteiger partial charge in [0, 0.05) is 13.1 Å². The van der Waals surface area contributed by atoms with Crippen LogP contribution in [0.1, 0.15) is 6.42 Å². The van der Waals surface area contributed by atoms with E-state index in [0.717, 1.165) is 0 Å². The van der Waals surface area contributed by atoms with Crippen LogP contribution in [0.15, 0.2) is 16.7 Å². The molecule has 86 valence electrons. The van der Waals surface area contributed by atoms with Crippen LogP contribution in [0, 0.1) is 10.1 Å². The summed E-state index contributed by atoms with van der Waals surface area (Å²) in [7, 11) is 0. The first-order valence-electron chi connectivity index (χ1n) is 4.81. The maximum atomic E-state index is 10.8. The second-order valence-electron chi connectivity index (χ2n) is 3.64. The molecule has 1 aromatic heterocycles. The van der Waals surface area contributed by atoms with Gasteiger partial charge in [0.1, 0.15) is 5.69 Å². The highest BCUT2D eigenvalue weighted by Gasteiger charge is 2.27. The molecule has 0 aliphatic carbocycles. The average Bonchev–Trinajstić information content (AvgIpc) is 2.64. The maximum Gasteiger partial charge on any atom is 0.387 e. The van der Waals surface area contributed by atoms with E-state index in [1.54, 1.807) is 11.0 Å². The molecule has 6 nitrogen and oxygen atoms in total. The van der Waals surface area contributed by atoms with Crippen LogP contribution >= 0.6 is 15.9 Å². The zero-order valence-corrected chi connectivity index (χ0v) is 9.92. The molecule has 7 heteroatoms. The van der Waals surface area contributed by atoms with E-state index in [1.807, 2.05) is 0 Å². The quantitative estimate of drug-likeness (QED) is 0.656. The van der Waals surface area contributed by atoms with Gasteiger partial charge in [-0.3, -0.25) is 0 Å². The van der Waals surface area contributed by atoms with Gasteiger partial charge in [-0.2, -0.15) is 0 Å². The third-order valence-corrected chi connectivity index (χ3v) is 2.92. The van der Waals surface area contributed by atoms with E-state index in [1.165, 1.54) is 6.20 Å². The summed E-state index contributed by atoms with van der Waals surface area (Å²) >= 11 is 3.23. The summed E-state index contributed by atoms with van der Waals surface area (Å²) in [6.07, 6.45) is 1.61. The number of hydrogen-bond acceptors (Lipinski definition) is 5. The van der Waals surface area contributed by atoms with Crippen molar-refractivity contribution in [1.82, 2.24) is 4.98 Å². The van der Waals surface area contributed by atoms with E-state index in [-0.39, 0.29) is 5.82 Å². The Hall–Kier alpha value is -1.21. The van der Waals surface area contributed by atoms with Crippen molar-refractivity contribution in [3.63, 3.8) is 0 Å². The average molecular weight is 288 g/mol. The van der Waals surface area contributed by atoms with Crippen LogP contribution in [-0.4, -0.2) is 34.2 Å². The van der Waals surface area contributed by atoms with E-state index < -0.39 is 11.0 Å².